The molecule has 0 unspecified atom stereocenters. The molecule has 0 aliphatic rings. The third-order valence-electron chi connectivity index (χ3n) is 2.16. The van der Waals surface area contributed by atoms with Crippen molar-refractivity contribution >= 4 is 33.0 Å². The molecule has 1 heterocycles. The molecule has 2 rings (SSSR count). The molecule has 1 N–H and O–H groups in total. The number of benzene rings is 1. The number of alkyl halides is 3. The quantitative estimate of drug-likeness (QED) is 0.834. The minimum absolute atomic E-state index is 0.232. The van der Waals surface area contributed by atoms with Gasteiger partial charge in [-0.2, -0.15) is 0 Å². The third-order valence-corrected chi connectivity index (χ3v) is 3.85. The van der Waals surface area contributed by atoms with Gasteiger partial charge in [-0.3, -0.25) is 0 Å². The van der Waals surface area contributed by atoms with Crippen molar-refractivity contribution in [3.63, 3.8) is 0 Å². The predicted octanol–water partition coefficient (Wildman–Crippen LogP) is 5.02. The van der Waals surface area contributed by atoms with Gasteiger partial charge in [0.25, 0.3) is 0 Å². The largest absolute Gasteiger partial charge is 0.573 e. The highest BCUT2D eigenvalue weighted by Crippen LogP contribution is 2.26. The predicted molar refractivity (Wildman–Crippen MR) is 72.5 cm³/mol. The highest BCUT2D eigenvalue weighted by atomic mass is 79.9. The Morgan fingerprint density at radius 2 is 2.05 bits per heavy atom. The molecule has 0 atom stereocenters. The molecule has 102 valence electrons. The molecule has 7 heteroatoms. The lowest BCUT2D eigenvalue weighted by atomic mass is 10.3. The summed E-state index contributed by atoms with van der Waals surface area (Å²) in [4.78, 5) is 1.08. The Hall–Kier alpha value is -1.21. The second-order valence-corrected chi connectivity index (χ2v) is 5.57. The van der Waals surface area contributed by atoms with Crippen LogP contribution in [0.3, 0.4) is 0 Å². The Kier molecular flexibility index (Phi) is 4.36. The van der Waals surface area contributed by atoms with Crippen molar-refractivity contribution in [1.29, 1.82) is 0 Å². The minimum atomic E-state index is -4.67. The van der Waals surface area contributed by atoms with Crippen LogP contribution in [-0.2, 0) is 6.54 Å². The molecule has 0 aliphatic heterocycles. The molecular weight excluding hydrogens is 343 g/mol. The van der Waals surface area contributed by atoms with Gasteiger partial charge < -0.3 is 10.1 Å². The van der Waals surface area contributed by atoms with Gasteiger partial charge in [0, 0.05) is 33.0 Å². The number of hydrogen-bond acceptors (Lipinski definition) is 3. The van der Waals surface area contributed by atoms with Gasteiger partial charge in [0.05, 0.1) is 0 Å². The van der Waals surface area contributed by atoms with Gasteiger partial charge in [0.2, 0.25) is 0 Å². The van der Waals surface area contributed by atoms with E-state index in [-0.39, 0.29) is 5.75 Å². The summed E-state index contributed by atoms with van der Waals surface area (Å²) in [5, 5.41) is 4.99. The normalized spacial score (nSPS) is 11.4. The molecule has 2 nitrogen and oxygen atoms in total. The molecule has 0 bridgehead atoms. The van der Waals surface area contributed by atoms with Crippen molar-refractivity contribution in [2.24, 2.45) is 0 Å². The molecule has 1 aromatic heterocycles. The zero-order valence-corrected chi connectivity index (χ0v) is 11.9. The molecule has 0 spiro atoms. The fourth-order valence-corrected chi connectivity index (χ4v) is 2.83. The lowest BCUT2D eigenvalue weighted by Gasteiger charge is -2.10. The standard InChI is InChI=1S/C12H9BrF3NOS/c13-8-4-11(19-7-8)6-17-9-2-1-3-10(5-9)18-12(14,15)16/h1-5,7,17H,6H2. The van der Waals surface area contributed by atoms with E-state index in [1.165, 1.54) is 18.2 Å². The van der Waals surface area contributed by atoms with Crippen molar-refractivity contribution in [1.82, 2.24) is 0 Å². The van der Waals surface area contributed by atoms with Crippen LogP contribution in [-0.4, -0.2) is 6.36 Å². The molecule has 0 saturated carbocycles. The van der Waals surface area contributed by atoms with Crippen molar-refractivity contribution in [2.75, 3.05) is 5.32 Å². The Morgan fingerprint density at radius 1 is 1.26 bits per heavy atom. The van der Waals surface area contributed by atoms with Crippen LogP contribution in [0.15, 0.2) is 40.2 Å². The van der Waals surface area contributed by atoms with Crippen LogP contribution < -0.4 is 10.1 Å². The maximum Gasteiger partial charge on any atom is 0.573 e. The van der Waals surface area contributed by atoms with E-state index in [1.54, 1.807) is 17.4 Å². The maximum absolute atomic E-state index is 12.1. The molecule has 1 aromatic carbocycles. The summed E-state index contributed by atoms with van der Waals surface area (Å²) in [7, 11) is 0. The summed E-state index contributed by atoms with van der Waals surface area (Å²) in [6.45, 7) is 0.547. The van der Waals surface area contributed by atoms with Crippen molar-refractivity contribution < 1.29 is 17.9 Å². The summed E-state index contributed by atoms with van der Waals surface area (Å²) in [6.07, 6.45) is -4.67. The van der Waals surface area contributed by atoms with Gasteiger partial charge >= 0.3 is 6.36 Å². The van der Waals surface area contributed by atoms with Gasteiger partial charge in [-0.25, -0.2) is 0 Å². The summed E-state index contributed by atoms with van der Waals surface area (Å²) in [6, 6.07) is 7.73. The second-order valence-electron chi connectivity index (χ2n) is 3.66. The second kappa shape index (κ2) is 5.83. The zero-order valence-electron chi connectivity index (χ0n) is 9.50. The molecular formula is C12H9BrF3NOS. The van der Waals surface area contributed by atoms with Crippen molar-refractivity contribution in [3.05, 3.63) is 45.1 Å². The van der Waals surface area contributed by atoms with Crippen LogP contribution in [0.25, 0.3) is 0 Å². The fourth-order valence-electron chi connectivity index (χ4n) is 1.44. The Bertz CT molecular complexity index is 556. The monoisotopic (exact) mass is 351 g/mol. The summed E-state index contributed by atoms with van der Waals surface area (Å²) in [5.41, 5.74) is 0.575. The smallest absolute Gasteiger partial charge is 0.406 e. The highest BCUT2D eigenvalue weighted by Gasteiger charge is 2.31. The van der Waals surface area contributed by atoms with E-state index in [9.17, 15) is 13.2 Å². The first-order valence-electron chi connectivity index (χ1n) is 5.25. The molecule has 0 saturated heterocycles. The number of halogens is 4. The number of thiophene rings is 1. The van der Waals surface area contributed by atoms with Crippen LogP contribution in [0.1, 0.15) is 4.88 Å². The van der Waals surface area contributed by atoms with E-state index < -0.39 is 6.36 Å². The Labute approximate surface area is 120 Å². The van der Waals surface area contributed by atoms with Crippen LogP contribution in [0.2, 0.25) is 0 Å². The molecule has 0 aliphatic carbocycles. The van der Waals surface area contributed by atoms with Gasteiger partial charge in [0.1, 0.15) is 5.75 Å². The van der Waals surface area contributed by atoms with E-state index in [0.717, 1.165) is 9.35 Å². The average Bonchev–Trinajstić information content (AvgIpc) is 2.71. The molecule has 0 fully saturated rings. The van der Waals surface area contributed by atoms with Gasteiger partial charge in [-0.15, -0.1) is 24.5 Å². The Balaban J connectivity index is 1.99. The SMILES string of the molecule is FC(F)(F)Oc1cccc(NCc2cc(Br)cs2)c1. The summed E-state index contributed by atoms with van der Waals surface area (Å²) < 4.78 is 41.1. The van der Waals surface area contributed by atoms with E-state index in [4.69, 9.17) is 0 Å². The highest BCUT2D eigenvalue weighted by molar-refractivity contribution is 9.10. The molecule has 19 heavy (non-hydrogen) atoms. The van der Waals surface area contributed by atoms with Crippen LogP contribution in [0, 0.1) is 0 Å². The molecule has 2 aromatic rings. The topological polar surface area (TPSA) is 21.3 Å². The van der Waals surface area contributed by atoms with Crippen LogP contribution in [0.5, 0.6) is 5.75 Å². The first kappa shape index (κ1) is 14.2. The first-order valence-corrected chi connectivity index (χ1v) is 6.92. The first-order chi connectivity index (χ1) is 8.92. The number of hydrogen-bond donors (Lipinski definition) is 1. The van der Waals surface area contributed by atoms with Gasteiger partial charge in [-0.1, -0.05) is 6.07 Å². The molecule has 0 radical (unpaired) electrons. The lowest BCUT2D eigenvalue weighted by molar-refractivity contribution is -0.274. The summed E-state index contributed by atoms with van der Waals surface area (Å²) in [5.74, 6) is -0.232. The van der Waals surface area contributed by atoms with E-state index in [1.807, 2.05) is 11.4 Å². The van der Waals surface area contributed by atoms with Crippen molar-refractivity contribution in [2.45, 2.75) is 12.9 Å². The maximum atomic E-state index is 12.1. The fraction of sp³-hybridized carbons (Fsp3) is 0.167. The van der Waals surface area contributed by atoms with Crippen LogP contribution in [0.4, 0.5) is 18.9 Å². The minimum Gasteiger partial charge on any atom is -0.406 e. The molecule has 0 amide bonds. The van der Waals surface area contributed by atoms with Gasteiger partial charge in [-0.05, 0) is 34.1 Å². The third kappa shape index (κ3) is 4.76. The number of anilines is 1. The number of nitrogens with one attached hydrogen (secondary N) is 1. The van der Waals surface area contributed by atoms with Crippen LogP contribution >= 0.6 is 27.3 Å². The average molecular weight is 352 g/mol. The zero-order chi connectivity index (χ0) is 13.9. The summed E-state index contributed by atoms with van der Waals surface area (Å²) >= 11 is 4.90. The Morgan fingerprint density at radius 3 is 2.68 bits per heavy atom. The van der Waals surface area contributed by atoms with E-state index in [0.29, 0.717) is 12.2 Å². The van der Waals surface area contributed by atoms with Crippen molar-refractivity contribution in [3.8, 4) is 5.75 Å². The number of ether oxygens (including phenoxy) is 1. The van der Waals surface area contributed by atoms with E-state index >= 15 is 0 Å². The number of rotatable bonds is 4. The van der Waals surface area contributed by atoms with E-state index in [2.05, 4.69) is 26.0 Å². The lowest BCUT2D eigenvalue weighted by Crippen LogP contribution is -2.17. The van der Waals surface area contributed by atoms with Gasteiger partial charge in [0.15, 0.2) is 0 Å².